The molecule has 2 aromatic carbocycles. The maximum Gasteiger partial charge on any atom is 0.178 e. The molecule has 0 aliphatic carbocycles. The second kappa shape index (κ2) is 40.2. The Hall–Kier alpha value is -2.31. The van der Waals surface area contributed by atoms with Crippen LogP contribution in [0.3, 0.4) is 0 Å². The molecule has 0 spiro atoms. The molecule has 0 aliphatic heterocycles. The molecule has 62 heavy (non-hydrogen) atoms. The lowest BCUT2D eigenvalue weighted by Gasteiger charge is -2.13. The van der Waals surface area contributed by atoms with E-state index in [0.29, 0.717) is 17.9 Å². The summed E-state index contributed by atoms with van der Waals surface area (Å²) in [6, 6.07) is 13.4. The van der Waals surface area contributed by atoms with Crippen molar-refractivity contribution in [3.8, 4) is 11.5 Å². The van der Waals surface area contributed by atoms with Crippen LogP contribution in [0.25, 0.3) is 12.2 Å². The van der Waals surface area contributed by atoms with Crippen LogP contribution in [0.1, 0.15) is 256 Å². The number of unbranched alkanes of at least 4 members (excludes halogenated alkanes) is 33. The summed E-state index contributed by atoms with van der Waals surface area (Å²) in [7, 11) is -3.32. The van der Waals surface area contributed by atoms with E-state index in [2.05, 4.69) is 32.1 Å². The van der Waals surface area contributed by atoms with Gasteiger partial charge in [-0.1, -0.05) is 244 Å². The highest BCUT2D eigenvalue weighted by molar-refractivity contribution is 7.91. The molecule has 0 bridgehead atoms. The molecule has 356 valence electrons. The van der Waals surface area contributed by atoms with E-state index in [-0.39, 0.29) is 12.4 Å². The lowest BCUT2D eigenvalue weighted by molar-refractivity contribution is 0.283. The summed E-state index contributed by atoms with van der Waals surface area (Å²) in [5.41, 5.74) is 1.94. The van der Waals surface area contributed by atoms with E-state index >= 15 is 0 Å². The van der Waals surface area contributed by atoms with Crippen molar-refractivity contribution in [2.24, 2.45) is 0 Å². The fourth-order valence-corrected chi connectivity index (χ4v) is 9.76. The molecule has 0 atom stereocenters. The van der Waals surface area contributed by atoms with Gasteiger partial charge in [0.2, 0.25) is 0 Å². The average Bonchev–Trinajstić information content (AvgIpc) is 3.28. The van der Waals surface area contributed by atoms with Gasteiger partial charge in [-0.25, -0.2) is 8.42 Å². The minimum atomic E-state index is -3.32. The van der Waals surface area contributed by atoms with Crippen LogP contribution < -0.4 is 9.47 Å². The van der Waals surface area contributed by atoms with E-state index in [9.17, 15) is 8.42 Å². The first-order chi connectivity index (χ1) is 30.5. The molecule has 0 unspecified atom stereocenters. The molecular weight excluding hydrogens is 785 g/mol. The molecule has 5 nitrogen and oxygen atoms in total. The Kier molecular flexibility index (Phi) is 36.2. The van der Waals surface area contributed by atoms with E-state index in [1.54, 1.807) is 12.1 Å². The quantitative estimate of drug-likeness (QED) is 0.0530. The van der Waals surface area contributed by atoms with Crippen molar-refractivity contribution in [1.82, 2.24) is 0 Å². The van der Waals surface area contributed by atoms with Gasteiger partial charge in [-0.05, 0) is 55.5 Å². The van der Waals surface area contributed by atoms with Crippen molar-refractivity contribution < 1.29 is 23.0 Å². The summed E-state index contributed by atoms with van der Waals surface area (Å²) >= 11 is 0. The molecule has 0 saturated heterocycles. The molecule has 0 aromatic heterocycles. The van der Waals surface area contributed by atoms with Crippen molar-refractivity contribution in [1.29, 1.82) is 0 Å². The van der Waals surface area contributed by atoms with E-state index in [0.717, 1.165) is 61.3 Å². The zero-order valence-electron chi connectivity index (χ0n) is 40.5. The number of benzene rings is 2. The van der Waals surface area contributed by atoms with E-state index in [1.807, 2.05) is 24.3 Å². The monoisotopic (exact) mass is 881 g/mol. The number of rotatable bonds is 45. The third kappa shape index (κ3) is 30.7. The predicted octanol–water partition coefficient (Wildman–Crippen LogP) is 17.5. The van der Waals surface area contributed by atoms with Gasteiger partial charge in [-0.2, -0.15) is 0 Å². The Balaban J connectivity index is 1.75. The van der Waals surface area contributed by atoms with Gasteiger partial charge in [0.25, 0.3) is 0 Å². The largest absolute Gasteiger partial charge is 0.493 e. The number of aliphatic hydroxyl groups is 1. The SMILES string of the molecule is CCCCCCCCCCCCCCCCCCOc1ccc(C=Cc2ccc(S(=O)(=O)CCCCCCO)cc2)c(OCCCCCCCCCCCCCCCCCC)c1. The lowest BCUT2D eigenvalue weighted by Crippen LogP contribution is -2.06. The molecule has 0 saturated carbocycles. The van der Waals surface area contributed by atoms with Gasteiger partial charge in [0.15, 0.2) is 9.84 Å². The van der Waals surface area contributed by atoms with Gasteiger partial charge in [-0.3, -0.25) is 0 Å². The zero-order chi connectivity index (χ0) is 44.4. The predicted molar refractivity (Wildman–Crippen MR) is 270 cm³/mol. The van der Waals surface area contributed by atoms with Gasteiger partial charge in [0, 0.05) is 18.2 Å². The second-order valence-electron chi connectivity index (χ2n) is 18.4. The number of hydrogen-bond acceptors (Lipinski definition) is 5. The Morgan fingerprint density at radius 2 is 0.823 bits per heavy atom. The van der Waals surface area contributed by atoms with Crippen molar-refractivity contribution in [2.45, 2.75) is 250 Å². The van der Waals surface area contributed by atoms with Crippen molar-refractivity contribution in [3.63, 3.8) is 0 Å². The first kappa shape index (κ1) is 55.8. The molecule has 0 aliphatic rings. The summed E-state index contributed by atoms with van der Waals surface area (Å²) in [5, 5.41) is 8.98. The first-order valence-corrected chi connectivity index (χ1v) is 28.2. The van der Waals surface area contributed by atoms with Crippen LogP contribution in [0, 0.1) is 0 Å². The molecule has 0 fully saturated rings. The zero-order valence-corrected chi connectivity index (χ0v) is 41.3. The molecule has 6 heteroatoms. The Morgan fingerprint density at radius 1 is 0.435 bits per heavy atom. The maximum absolute atomic E-state index is 12.9. The van der Waals surface area contributed by atoms with E-state index < -0.39 is 9.84 Å². The fourth-order valence-electron chi connectivity index (χ4n) is 8.39. The molecule has 1 N–H and O–H groups in total. The molecule has 2 rings (SSSR count). The summed E-state index contributed by atoms with van der Waals surface area (Å²) in [6.07, 6.45) is 50.5. The summed E-state index contributed by atoms with van der Waals surface area (Å²) in [6.45, 7) is 6.16. The third-order valence-electron chi connectivity index (χ3n) is 12.5. The number of ether oxygens (including phenoxy) is 2. The first-order valence-electron chi connectivity index (χ1n) is 26.5. The lowest BCUT2D eigenvalue weighted by atomic mass is 10.0. The molecule has 0 amide bonds. The van der Waals surface area contributed by atoms with Gasteiger partial charge in [0.05, 0.1) is 23.9 Å². The van der Waals surface area contributed by atoms with Gasteiger partial charge in [-0.15, -0.1) is 0 Å². The van der Waals surface area contributed by atoms with Crippen molar-refractivity contribution in [2.75, 3.05) is 25.6 Å². The molecule has 0 radical (unpaired) electrons. The van der Waals surface area contributed by atoms with Crippen LogP contribution in [0.4, 0.5) is 0 Å². The Labute approximate surface area is 384 Å². The van der Waals surface area contributed by atoms with Crippen LogP contribution in [-0.2, 0) is 9.84 Å². The molecule has 2 aromatic rings. The van der Waals surface area contributed by atoms with Crippen molar-refractivity contribution in [3.05, 3.63) is 53.6 Å². The van der Waals surface area contributed by atoms with E-state index in [4.69, 9.17) is 14.6 Å². The Morgan fingerprint density at radius 3 is 1.26 bits per heavy atom. The molecular formula is C56H96O5S. The third-order valence-corrected chi connectivity index (χ3v) is 14.3. The number of aliphatic hydroxyl groups excluding tert-OH is 1. The van der Waals surface area contributed by atoms with Crippen LogP contribution in [0.15, 0.2) is 47.4 Å². The highest BCUT2D eigenvalue weighted by Gasteiger charge is 2.14. The smallest absolute Gasteiger partial charge is 0.178 e. The molecule has 0 heterocycles. The number of sulfone groups is 1. The normalized spacial score (nSPS) is 11.9. The van der Waals surface area contributed by atoms with E-state index in [1.165, 1.54) is 193 Å². The van der Waals surface area contributed by atoms with Crippen LogP contribution in [0.2, 0.25) is 0 Å². The highest BCUT2D eigenvalue weighted by atomic mass is 32.2. The minimum absolute atomic E-state index is 0.140. The summed E-state index contributed by atoms with van der Waals surface area (Å²) in [4.78, 5) is 0.366. The average molecular weight is 881 g/mol. The van der Waals surface area contributed by atoms with Crippen LogP contribution >= 0.6 is 0 Å². The van der Waals surface area contributed by atoms with Crippen molar-refractivity contribution >= 4 is 22.0 Å². The summed E-state index contributed by atoms with van der Waals surface area (Å²) in [5.74, 6) is 1.84. The van der Waals surface area contributed by atoms with Crippen LogP contribution in [-0.4, -0.2) is 39.1 Å². The second-order valence-corrected chi connectivity index (χ2v) is 20.5. The van der Waals surface area contributed by atoms with Gasteiger partial charge in [0.1, 0.15) is 11.5 Å². The maximum atomic E-state index is 12.9. The fraction of sp³-hybridized carbons (Fsp3) is 0.750. The standard InChI is InChI=1S/C56H96O5S/c1-3-5-7-9-11-13-15-17-19-21-23-25-27-29-32-36-48-60-54-44-43-53(42-39-52-40-45-55(46-41-52)62(58,59)50-38-34-31-35-47-57)56(51-54)61-49-37-33-30-28-26-24-22-20-18-16-14-12-10-8-6-4-2/h39-46,51,57H,3-38,47-50H2,1-2H3. The van der Waals surface area contributed by atoms with Gasteiger partial charge >= 0.3 is 0 Å². The van der Waals surface area contributed by atoms with Crippen LogP contribution in [0.5, 0.6) is 11.5 Å². The van der Waals surface area contributed by atoms with Gasteiger partial charge < -0.3 is 14.6 Å². The Bertz CT molecular complexity index is 1420. The summed E-state index contributed by atoms with van der Waals surface area (Å²) < 4.78 is 38.4. The topological polar surface area (TPSA) is 72.8 Å². The minimum Gasteiger partial charge on any atom is -0.493 e. The highest BCUT2D eigenvalue weighted by Crippen LogP contribution is 2.28. The number of hydrogen-bond donors (Lipinski definition) is 1.